The Kier molecular flexibility index (Phi) is 4.40. The normalized spacial score (nSPS) is 11.3. The average Bonchev–Trinajstić information content (AvgIpc) is 3.47. The Morgan fingerprint density at radius 1 is 0.879 bits per heavy atom. The first-order valence-corrected chi connectivity index (χ1v) is 10.4. The van der Waals surface area contributed by atoms with Crippen molar-refractivity contribution in [3.63, 3.8) is 0 Å². The maximum atomic E-state index is 14.2. The van der Waals surface area contributed by atoms with Crippen LogP contribution in [0.2, 0.25) is 0 Å². The van der Waals surface area contributed by atoms with Gasteiger partial charge in [0, 0.05) is 40.3 Å². The highest BCUT2D eigenvalue weighted by Crippen LogP contribution is 2.36. The predicted molar refractivity (Wildman–Crippen MR) is 126 cm³/mol. The van der Waals surface area contributed by atoms with E-state index >= 15 is 0 Å². The molecule has 0 atom stereocenters. The molecule has 0 saturated carbocycles. The van der Waals surface area contributed by atoms with Crippen molar-refractivity contribution in [1.82, 2.24) is 25.1 Å². The molecule has 33 heavy (non-hydrogen) atoms. The highest BCUT2D eigenvalue weighted by atomic mass is 19.1. The molecule has 6 nitrogen and oxygen atoms in total. The molecule has 0 bridgehead atoms. The van der Waals surface area contributed by atoms with Crippen LogP contribution in [0.4, 0.5) is 4.39 Å². The summed E-state index contributed by atoms with van der Waals surface area (Å²) < 4.78 is 19.4. The number of nitrogens with one attached hydrogen (secondary N) is 2. The van der Waals surface area contributed by atoms with E-state index in [0.29, 0.717) is 5.75 Å². The summed E-state index contributed by atoms with van der Waals surface area (Å²) in [5.74, 6) is 0.136. The fraction of sp³-hybridized carbons (Fsp3) is 0.0385. The largest absolute Gasteiger partial charge is 0.497 e. The fourth-order valence-electron chi connectivity index (χ4n) is 4.16. The quantitative estimate of drug-likeness (QED) is 0.357. The Hall–Kier alpha value is -4.52. The topological polar surface area (TPSA) is 79.5 Å². The molecule has 0 saturated heterocycles. The lowest BCUT2D eigenvalue weighted by Gasteiger charge is -2.07. The summed E-state index contributed by atoms with van der Waals surface area (Å²) in [4.78, 5) is 12.2. The van der Waals surface area contributed by atoms with Crippen molar-refractivity contribution in [3.05, 3.63) is 85.1 Å². The van der Waals surface area contributed by atoms with E-state index in [1.54, 1.807) is 18.6 Å². The van der Waals surface area contributed by atoms with Gasteiger partial charge in [0.1, 0.15) is 17.3 Å². The molecule has 6 aromatic rings. The lowest BCUT2D eigenvalue weighted by molar-refractivity contribution is 0.411. The van der Waals surface area contributed by atoms with E-state index in [1.807, 2.05) is 48.5 Å². The van der Waals surface area contributed by atoms with Gasteiger partial charge in [-0.1, -0.05) is 12.1 Å². The number of nitrogens with zero attached hydrogens (tertiary/aromatic N) is 3. The van der Waals surface area contributed by atoms with Crippen LogP contribution < -0.4 is 4.74 Å². The fourth-order valence-corrected chi connectivity index (χ4v) is 4.16. The zero-order chi connectivity index (χ0) is 22.4. The molecule has 4 heterocycles. The Labute approximate surface area is 188 Å². The first-order chi connectivity index (χ1) is 16.2. The number of halogens is 1. The molecule has 2 aromatic carbocycles. The monoisotopic (exact) mass is 435 g/mol. The Balaban J connectivity index is 1.50. The first kappa shape index (κ1) is 19.2. The molecule has 0 spiro atoms. The first-order valence-electron chi connectivity index (χ1n) is 10.4. The molecule has 0 aliphatic rings. The van der Waals surface area contributed by atoms with E-state index < -0.39 is 0 Å². The van der Waals surface area contributed by atoms with Crippen molar-refractivity contribution in [2.45, 2.75) is 0 Å². The zero-order valence-corrected chi connectivity index (χ0v) is 17.6. The minimum absolute atomic E-state index is 0.342. The number of ether oxygens (including phenoxy) is 1. The van der Waals surface area contributed by atoms with Crippen molar-refractivity contribution >= 4 is 21.8 Å². The van der Waals surface area contributed by atoms with E-state index in [0.717, 1.165) is 55.6 Å². The summed E-state index contributed by atoms with van der Waals surface area (Å²) in [7, 11) is 1.53. The molecular formula is C26H18FN5O. The molecule has 0 aliphatic carbocycles. The van der Waals surface area contributed by atoms with Crippen LogP contribution in [0.25, 0.3) is 55.6 Å². The van der Waals surface area contributed by atoms with E-state index in [9.17, 15) is 4.39 Å². The van der Waals surface area contributed by atoms with Crippen LogP contribution in [0.1, 0.15) is 0 Å². The van der Waals surface area contributed by atoms with Crippen LogP contribution >= 0.6 is 0 Å². The third-order valence-electron chi connectivity index (χ3n) is 5.74. The molecule has 7 heteroatoms. The standard InChI is InChI=1S/C26H18FN5O/c1-33-18-9-16(8-17(27)10-18)19-5-2-6-22-20(19)11-24(30-22)26-21-12-23(15-4-3-7-28-13-15)29-14-25(21)31-32-26/h2-14,30H,1H3,(H,31,32). The minimum atomic E-state index is -0.342. The lowest BCUT2D eigenvalue weighted by Crippen LogP contribution is -1.87. The number of fused-ring (bicyclic) bond motifs is 2. The van der Waals surface area contributed by atoms with Crippen molar-refractivity contribution in [1.29, 1.82) is 0 Å². The van der Waals surface area contributed by atoms with Crippen LogP contribution in [0.3, 0.4) is 0 Å². The maximum Gasteiger partial charge on any atom is 0.127 e. The van der Waals surface area contributed by atoms with E-state index in [4.69, 9.17) is 4.74 Å². The van der Waals surface area contributed by atoms with Gasteiger partial charge in [-0.25, -0.2) is 4.39 Å². The van der Waals surface area contributed by atoms with Crippen LogP contribution in [-0.4, -0.2) is 32.3 Å². The van der Waals surface area contributed by atoms with Crippen LogP contribution in [0.15, 0.2) is 79.3 Å². The lowest BCUT2D eigenvalue weighted by atomic mass is 10.0. The molecule has 160 valence electrons. The van der Waals surface area contributed by atoms with Crippen LogP contribution in [0.5, 0.6) is 5.75 Å². The number of aromatic nitrogens is 5. The van der Waals surface area contributed by atoms with Crippen molar-refractivity contribution in [2.75, 3.05) is 7.11 Å². The van der Waals surface area contributed by atoms with Crippen LogP contribution in [0, 0.1) is 5.82 Å². The van der Waals surface area contributed by atoms with Gasteiger partial charge in [0.15, 0.2) is 0 Å². The summed E-state index contributed by atoms with van der Waals surface area (Å²) in [6.45, 7) is 0. The highest BCUT2D eigenvalue weighted by Gasteiger charge is 2.15. The average molecular weight is 435 g/mol. The molecular weight excluding hydrogens is 417 g/mol. The second kappa shape index (κ2) is 7.56. The molecule has 6 rings (SSSR count). The summed E-state index contributed by atoms with van der Waals surface area (Å²) in [5, 5.41) is 9.53. The van der Waals surface area contributed by atoms with Crippen molar-refractivity contribution in [3.8, 4) is 39.5 Å². The number of hydrogen-bond acceptors (Lipinski definition) is 4. The Morgan fingerprint density at radius 2 is 1.82 bits per heavy atom. The van der Waals surface area contributed by atoms with Gasteiger partial charge in [0.25, 0.3) is 0 Å². The molecule has 0 unspecified atom stereocenters. The number of aromatic amines is 2. The van der Waals surface area contributed by atoms with Gasteiger partial charge in [0.05, 0.1) is 30.2 Å². The third kappa shape index (κ3) is 3.30. The molecule has 0 aliphatic heterocycles. The summed E-state index contributed by atoms with van der Waals surface area (Å²) in [6, 6.07) is 18.5. The van der Waals surface area contributed by atoms with E-state index in [2.05, 4.69) is 25.1 Å². The SMILES string of the molecule is COc1cc(F)cc(-c2cccc3[nH]c(-c4n[nH]c5cnc(-c6cccnc6)cc45)cc23)c1. The van der Waals surface area contributed by atoms with Gasteiger partial charge in [0.2, 0.25) is 0 Å². The Morgan fingerprint density at radius 3 is 2.67 bits per heavy atom. The maximum absolute atomic E-state index is 14.2. The molecule has 4 aromatic heterocycles. The molecule has 0 amide bonds. The number of methoxy groups -OCH3 is 1. The van der Waals surface area contributed by atoms with Gasteiger partial charge in [-0.15, -0.1) is 0 Å². The van der Waals surface area contributed by atoms with Gasteiger partial charge < -0.3 is 9.72 Å². The smallest absolute Gasteiger partial charge is 0.127 e. The number of pyridine rings is 2. The molecule has 2 N–H and O–H groups in total. The second-order valence-electron chi connectivity index (χ2n) is 7.76. The minimum Gasteiger partial charge on any atom is -0.497 e. The number of benzene rings is 2. The number of H-pyrrole nitrogens is 2. The number of rotatable bonds is 4. The van der Waals surface area contributed by atoms with Gasteiger partial charge in [-0.2, -0.15) is 5.10 Å². The molecule has 0 radical (unpaired) electrons. The zero-order valence-electron chi connectivity index (χ0n) is 17.6. The molecule has 0 fully saturated rings. The van der Waals surface area contributed by atoms with Crippen LogP contribution in [-0.2, 0) is 0 Å². The van der Waals surface area contributed by atoms with Crippen molar-refractivity contribution < 1.29 is 9.13 Å². The second-order valence-corrected chi connectivity index (χ2v) is 7.76. The Bertz CT molecular complexity index is 1620. The predicted octanol–water partition coefficient (Wildman–Crippen LogP) is 5.98. The summed E-state index contributed by atoms with van der Waals surface area (Å²) in [6.07, 6.45) is 5.30. The summed E-state index contributed by atoms with van der Waals surface area (Å²) >= 11 is 0. The van der Waals surface area contributed by atoms with Gasteiger partial charge in [-0.05, 0) is 53.6 Å². The highest BCUT2D eigenvalue weighted by molar-refractivity contribution is 6.01. The van der Waals surface area contributed by atoms with Gasteiger partial charge in [-0.3, -0.25) is 15.1 Å². The van der Waals surface area contributed by atoms with Crippen molar-refractivity contribution in [2.24, 2.45) is 0 Å². The number of hydrogen-bond donors (Lipinski definition) is 2. The van der Waals surface area contributed by atoms with Gasteiger partial charge >= 0.3 is 0 Å². The third-order valence-corrected chi connectivity index (χ3v) is 5.74. The van der Waals surface area contributed by atoms with E-state index in [1.165, 1.54) is 19.2 Å². The summed E-state index contributed by atoms with van der Waals surface area (Å²) in [5.41, 5.74) is 6.83. The van der Waals surface area contributed by atoms with E-state index in [-0.39, 0.29) is 5.82 Å².